The van der Waals surface area contributed by atoms with Crippen LogP contribution >= 0.6 is 0 Å². The molecule has 0 aliphatic rings. The molecule has 0 bridgehead atoms. The highest BCUT2D eigenvalue weighted by molar-refractivity contribution is 5.77. The molecule has 2 aromatic rings. The Kier molecular flexibility index (Phi) is 4.13. The van der Waals surface area contributed by atoms with Gasteiger partial charge in [0, 0.05) is 18.7 Å². The van der Waals surface area contributed by atoms with Crippen molar-refractivity contribution in [3.8, 4) is 0 Å². The van der Waals surface area contributed by atoms with Crippen LogP contribution in [0.25, 0.3) is 11.1 Å². The summed E-state index contributed by atoms with van der Waals surface area (Å²) in [7, 11) is 0. The number of non-ortho nitro benzene ring substituents is 1. The third-order valence-corrected chi connectivity index (χ3v) is 3.34. The van der Waals surface area contributed by atoms with Gasteiger partial charge in [-0.3, -0.25) is 10.1 Å². The molecule has 2 rings (SSSR count). The summed E-state index contributed by atoms with van der Waals surface area (Å²) < 4.78 is 5.52. The van der Waals surface area contributed by atoms with Gasteiger partial charge in [0.05, 0.1) is 11.0 Å². The molecule has 0 radical (unpaired) electrons. The normalized spacial score (nSPS) is 13.3. The molecule has 0 aliphatic heterocycles. The van der Waals surface area contributed by atoms with E-state index in [-0.39, 0.29) is 23.8 Å². The number of nitrogens with zero attached hydrogens (tertiary/aromatic N) is 2. The second kappa shape index (κ2) is 5.69. The van der Waals surface area contributed by atoms with Gasteiger partial charge in [-0.1, -0.05) is 20.8 Å². The highest BCUT2D eigenvalue weighted by Gasteiger charge is 2.25. The van der Waals surface area contributed by atoms with Crippen LogP contribution in [0.3, 0.4) is 0 Å². The van der Waals surface area contributed by atoms with Crippen molar-refractivity contribution in [2.24, 2.45) is 5.41 Å². The fourth-order valence-corrected chi connectivity index (χ4v) is 2.09. The van der Waals surface area contributed by atoms with Gasteiger partial charge in [0.2, 0.25) is 0 Å². The first-order chi connectivity index (χ1) is 9.81. The first-order valence-electron chi connectivity index (χ1n) is 6.73. The second-order valence-corrected chi connectivity index (χ2v) is 6.00. The summed E-state index contributed by atoms with van der Waals surface area (Å²) in [4.78, 5) is 14.5. The molecule has 0 spiro atoms. The molecule has 114 valence electrons. The number of aliphatic hydroxyl groups is 1. The molecule has 1 aromatic heterocycles. The van der Waals surface area contributed by atoms with Crippen molar-refractivity contribution < 1.29 is 14.4 Å². The molecular weight excluding hydrogens is 274 g/mol. The molecule has 21 heavy (non-hydrogen) atoms. The monoisotopic (exact) mass is 293 g/mol. The van der Waals surface area contributed by atoms with E-state index < -0.39 is 4.92 Å². The third-order valence-electron chi connectivity index (χ3n) is 3.34. The zero-order chi connectivity index (χ0) is 15.6. The summed E-state index contributed by atoms with van der Waals surface area (Å²) in [5, 5.41) is 23.0. The molecule has 7 nitrogen and oxygen atoms in total. The lowest BCUT2D eigenvalue weighted by molar-refractivity contribution is -0.384. The maximum absolute atomic E-state index is 10.7. The molecule has 1 heterocycles. The summed E-state index contributed by atoms with van der Waals surface area (Å²) in [6.07, 6.45) is 0.558. The third kappa shape index (κ3) is 3.49. The zero-order valence-electron chi connectivity index (χ0n) is 12.3. The Labute approximate surface area is 122 Å². The van der Waals surface area contributed by atoms with E-state index >= 15 is 0 Å². The van der Waals surface area contributed by atoms with Gasteiger partial charge in [-0.15, -0.1) is 0 Å². The Morgan fingerprint density at radius 2 is 2.19 bits per heavy atom. The van der Waals surface area contributed by atoms with Gasteiger partial charge in [-0.2, -0.15) is 4.98 Å². The van der Waals surface area contributed by atoms with Gasteiger partial charge < -0.3 is 14.8 Å². The van der Waals surface area contributed by atoms with Crippen molar-refractivity contribution in [2.75, 3.05) is 11.9 Å². The molecule has 0 saturated carbocycles. The van der Waals surface area contributed by atoms with Crippen LogP contribution in [0, 0.1) is 15.5 Å². The average molecular weight is 293 g/mol. The van der Waals surface area contributed by atoms with Crippen molar-refractivity contribution in [2.45, 2.75) is 33.2 Å². The maximum atomic E-state index is 10.7. The lowest BCUT2D eigenvalue weighted by Crippen LogP contribution is -2.34. The fourth-order valence-electron chi connectivity index (χ4n) is 2.09. The second-order valence-electron chi connectivity index (χ2n) is 6.00. The Hall–Kier alpha value is -2.15. The highest BCUT2D eigenvalue weighted by atomic mass is 16.6. The number of anilines is 1. The van der Waals surface area contributed by atoms with E-state index in [0.717, 1.165) is 0 Å². The van der Waals surface area contributed by atoms with E-state index in [0.29, 0.717) is 23.5 Å². The molecule has 2 N–H and O–H groups in total. The SMILES string of the molecule is CC(C)(C)C(CCO)Nc1nc2ccc([N+](=O)[O-])cc2o1. The van der Waals surface area contributed by atoms with Gasteiger partial charge in [0.1, 0.15) is 5.52 Å². The number of hydrogen-bond donors (Lipinski definition) is 2. The average Bonchev–Trinajstić information content (AvgIpc) is 2.78. The Balaban J connectivity index is 2.28. The van der Waals surface area contributed by atoms with Crippen LogP contribution in [0.2, 0.25) is 0 Å². The van der Waals surface area contributed by atoms with Crippen LogP contribution in [0.15, 0.2) is 22.6 Å². The van der Waals surface area contributed by atoms with Crippen LogP contribution in [0.1, 0.15) is 27.2 Å². The van der Waals surface area contributed by atoms with Gasteiger partial charge in [-0.05, 0) is 17.9 Å². The number of rotatable bonds is 5. The Bertz CT molecular complexity index is 645. The molecular formula is C14H19N3O4. The zero-order valence-corrected chi connectivity index (χ0v) is 12.3. The molecule has 0 aliphatic carbocycles. The molecule has 7 heteroatoms. The number of nitro groups is 1. The Morgan fingerprint density at radius 3 is 2.76 bits per heavy atom. The van der Waals surface area contributed by atoms with Crippen LogP contribution in [0.4, 0.5) is 11.7 Å². The van der Waals surface area contributed by atoms with Crippen molar-refractivity contribution >= 4 is 22.8 Å². The number of benzene rings is 1. The van der Waals surface area contributed by atoms with Crippen molar-refractivity contribution in [1.29, 1.82) is 0 Å². The molecule has 0 amide bonds. The summed E-state index contributed by atoms with van der Waals surface area (Å²) in [6, 6.07) is 4.58. The topological polar surface area (TPSA) is 101 Å². The number of oxazole rings is 1. The largest absolute Gasteiger partial charge is 0.423 e. The number of nitrogens with one attached hydrogen (secondary N) is 1. The minimum absolute atomic E-state index is 0.0226. The fraction of sp³-hybridized carbons (Fsp3) is 0.500. The van der Waals surface area contributed by atoms with E-state index in [9.17, 15) is 10.1 Å². The quantitative estimate of drug-likeness (QED) is 0.649. The van der Waals surface area contributed by atoms with E-state index in [4.69, 9.17) is 9.52 Å². The predicted octanol–water partition coefficient (Wildman–Crippen LogP) is 2.95. The molecule has 0 saturated heterocycles. The number of hydrogen-bond acceptors (Lipinski definition) is 6. The van der Waals surface area contributed by atoms with E-state index in [1.165, 1.54) is 12.1 Å². The summed E-state index contributed by atoms with van der Waals surface area (Å²) in [5.41, 5.74) is 0.797. The van der Waals surface area contributed by atoms with Crippen molar-refractivity contribution in [3.63, 3.8) is 0 Å². The van der Waals surface area contributed by atoms with E-state index in [1.807, 2.05) is 20.8 Å². The van der Waals surface area contributed by atoms with Crippen LogP contribution < -0.4 is 5.32 Å². The standard InChI is InChI=1S/C14H19N3O4/c1-14(2,3)12(6-7-18)16-13-15-10-5-4-9(17(19)20)8-11(10)21-13/h4-5,8,12,18H,6-7H2,1-3H3,(H,15,16). The lowest BCUT2D eigenvalue weighted by atomic mass is 9.85. The smallest absolute Gasteiger partial charge is 0.295 e. The van der Waals surface area contributed by atoms with Crippen molar-refractivity contribution in [3.05, 3.63) is 28.3 Å². The first-order valence-corrected chi connectivity index (χ1v) is 6.73. The highest BCUT2D eigenvalue weighted by Crippen LogP contribution is 2.28. The molecule has 1 atom stereocenters. The minimum Gasteiger partial charge on any atom is -0.423 e. The molecule has 1 aromatic carbocycles. The minimum atomic E-state index is -0.473. The summed E-state index contributed by atoms with van der Waals surface area (Å²) >= 11 is 0. The van der Waals surface area contributed by atoms with E-state index in [1.54, 1.807) is 6.07 Å². The molecule has 1 unspecified atom stereocenters. The Morgan fingerprint density at radius 1 is 1.48 bits per heavy atom. The van der Waals surface area contributed by atoms with Gasteiger partial charge >= 0.3 is 0 Å². The van der Waals surface area contributed by atoms with Crippen molar-refractivity contribution in [1.82, 2.24) is 4.98 Å². The summed E-state index contributed by atoms with van der Waals surface area (Å²) in [5.74, 6) is 0. The number of aromatic nitrogens is 1. The molecule has 0 fully saturated rings. The van der Waals surface area contributed by atoms with Crippen LogP contribution in [-0.2, 0) is 0 Å². The van der Waals surface area contributed by atoms with E-state index in [2.05, 4.69) is 10.3 Å². The number of aliphatic hydroxyl groups excluding tert-OH is 1. The first kappa shape index (κ1) is 15.2. The summed E-state index contributed by atoms with van der Waals surface area (Å²) in [6.45, 7) is 6.20. The maximum Gasteiger partial charge on any atom is 0.295 e. The van der Waals surface area contributed by atoms with Gasteiger partial charge in [0.15, 0.2) is 5.58 Å². The van der Waals surface area contributed by atoms with Gasteiger partial charge in [-0.25, -0.2) is 0 Å². The number of nitro benzene ring substituents is 1. The lowest BCUT2D eigenvalue weighted by Gasteiger charge is -2.30. The number of fused-ring (bicyclic) bond motifs is 1. The van der Waals surface area contributed by atoms with Crippen LogP contribution in [-0.4, -0.2) is 27.7 Å². The van der Waals surface area contributed by atoms with Gasteiger partial charge in [0.25, 0.3) is 11.7 Å². The van der Waals surface area contributed by atoms with Crippen LogP contribution in [0.5, 0.6) is 0 Å². The predicted molar refractivity (Wildman–Crippen MR) is 79.2 cm³/mol.